The molecule has 0 aliphatic heterocycles. The van der Waals surface area contributed by atoms with E-state index in [1.807, 2.05) is 13.8 Å². The van der Waals surface area contributed by atoms with Crippen LogP contribution in [0.5, 0.6) is 0 Å². The summed E-state index contributed by atoms with van der Waals surface area (Å²) < 4.78 is 1.68. The van der Waals surface area contributed by atoms with Crippen molar-refractivity contribution < 1.29 is 4.79 Å². The SMILES string of the molecule is CCCn1nc(CC)c(C=O)c1Cl. The second-order valence-electron chi connectivity index (χ2n) is 2.85. The summed E-state index contributed by atoms with van der Waals surface area (Å²) >= 11 is 5.96. The van der Waals surface area contributed by atoms with Crippen LogP contribution in [0.1, 0.15) is 36.3 Å². The van der Waals surface area contributed by atoms with E-state index < -0.39 is 0 Å². The minimum absolute atomic E-state index is 0.466. The maximum absolute atomic E-state index is 10.7. The molecule has 0 aliphatic carbocycles. The molecule has 4 heteroatoms. The van der Waals surface area contributed by atoms with Gasteiger partial charge in [-0.3, -0.25) is 9.48 Å². The first kappa shape index (κ1) is 10.3. The Balaban J connectivity index is 3.10. The summed E-state index contributed by atoms with van der Waals surface area (Å²) in [6.45, 7) is 4.77. The lowest BCUT2D eigenvalue weighted by atomic mass is 10.2. The van der Waals surface area contributed by atoms with Crippen LogP contribution in [0.4, 0.5) is 0 Å². The number of hydrogen-bond donors (Lipinski definition) is 0. The van der Waals surface area contributed by atoms with Crippen LogP contribution in [0, 0.1) is 0 Å². The summed E-state index contributed by atoms with van der Waals surface area (Å²) in [7, 11) is 0. The van der Waals surface area contributed by atoms with Crippen molar-refractivity contribution in [1.29, 1.82) is 0 Å². The molecule has 1 heterocycles. The molecule has 0 amide bonds. The smallest absolute Gasteiger partial charge is 0.155 e. The fourth-order valence-electron chi connectivity index (χ4n) is 1.24. The lowest BCUT2D eigenvalue weighted by molar-refractivity contribution is 0.112. The summed E-state index contributed by atoms with van der Waals surface area (Å²) in [5.74, 6) is 0. The normalized spacial score (nSPS) is 10.4. The van der Waals surface area contributed by atoms with Crippen molar-refractivity contribution >= 4 is 17.9 Å². The monoisotopic (exact) mass is 200 g/mol. The third-order valence-electron chi connectivity index (χ3n) is 1.89. The molecule has 0 saturated carbocycles. The first-order chi connectivity index (χ1) is 6.24. The van der Waals surface area contributed by atoms with E-state index in [-0.39, 0.29) is 0 Å². The quantitative estimate of drug-likeness (QED) is 0.700. The van der Waals surface area contributed by atoms with E-state index in [0.717, 1.165) is 31.4 Å². The second kappa shape index (κ2) is 4.42. The molecule has 1 rings (SSSR count). The topological polar surface area (TPSA) is 34.9 Å². The van der Waals surface area contributed by atoms with Crippen LogP contribution in [-0.4, -0.2) is 16.1 Å². The van der Waals surface area contributed by atoms with Crippen molar-refractivity contribution in [1.82, 2.24) is 9.78 Å². The molecule has 0 aromatic carbocycles. The number of hydrogen-bond acceptors (Lipinski definition) is 2. The number of nitrogens with zero attached hydrogens (tertiary/aromatic N) is 2. The number of carbonyl (C=O) groups excluding carboxylic acids is 1. The summed E-state index contributed by atoms with van der Waals surface area (Å²) in [6, 6.07) is 0. The largest absolute Gasteiger partial charge is 0.298 e. The Morgan fingerprint density at radius 1 is 1.54 bits per heavy atom. The highest BCUT2D eigenvalue weighted by atomic mass is 35.5. The molecule has 0 atom stereocenters. The van der Waals surface area contributed by atoms with Gasteiger partial charge in [-0.1, -0.05) is 25.4 Å². The molecule has 72 valence electrons. The molecule has 1 aromatic heterocycles. The van der Waals surface area contributed by atoms with E-state index in [2.05, 4.69) is 5.10 Å². The molecule has 0 saturated heterocycles. The van der Waals surface area contributed by atoms with Gasteiger partial charge in [0.15, 0.2) is 6.29 Å². The fourth-order valence-corrected chi connectivity index (χ4v) is 1.52. The maximum Gasteiger partial charge on any atom is 0.155 e. The Morgan fingerprint density at radius 2 is 2.23 bits per heavy atom. The van der Waals surface area contributed by atoms with Crippen molar-refractivity contribution in [2.75, 3.05) is 0 Å². The average molecular weight is 201 g/mol. The molecule has 0 fully saturated rings. The molecule has 0 N–H and O–H groups in total. The number of halogens is 1. The average Bonchev–Trinajstić information content (AvgIpc) is 2.44. The summed E-state index contributed by atoms with van der Waals surface area (Å²) in [4.78, 5) is 10.7. The Morgan fingerprint density at radius 3 is 2.62 bits per heavy atom. The van der Waals surface area contributed by atoms with Crippen LogP contribution in [-0.2, 0) is 13.0 Å². The predicted octanol–water partition coefficient (Wildman–Crippen LogP) is 2.32. The van der Waals surface area contributed by atoms with Crippen molar-refractivity contribution in [3.8, 4) is 0 Å². The fraction of sp³-hybridized carbons (Fsp3) is 0.556. The van der Waals surface area contributed by atoms with E-state index in [1.165, 1.54) is 0 Å². The third-order valence-corrected chi connectivity index (χ3v) is 2.29. The van der Waals surface area contributed by atoms with Crippen LogP contribution >= 0.6 is 11.6 Å². The van der Waals surface area contributed by atoms with Gasteiger partial charge in [0, 0.05) is 6.54 Å². The number of aromatic nitrogens is 2. The van der Waals surface area contributed by atoms with Crippen LogP contribution in [0.25, 0.3) is 0 Å². The standard InChI is InChI=1S/C9H13ClN2O/c1-3-5-12-9(10)7(6-13)8(4-2)11-12/h6H,3-5H2,1-2H3. The second-order valence-corrected chi connectivity index (χ2v) is 3.20. The van der Waals surface area contributed by atoms with Gasteiger partial charge in [-0.25, -0.2) is 0 Å². The zero-order valence-electron chi connectivity index (χ0n) is 7.88. The van der Waals surface area contributed by atoms with Crippen LogP contribution in [0.15, 0.2) is 0 Å². The molecule has 0 unspecified atom stereocenters. The Bertz CT molecular complexity index is 307. The highest BCUT2D eigenvalue weighted by molar-refractivity contribution is 6.32. The van der Waals surface area contributed by atoms with E-state index in [4.69, 9.17) is 11.6 Å². The van der Waals surface area contributed by atoms with Crippen molar-refractivity contribution in [2.24, 2.45) is 0 Å². The van der Waals surface area contributed by atoms with Gasteiger partial charge in [-0.15, -0.1) is 0 Å². The number of carbonyl (C=O) groups is 1. The summed E-state index contributed by atoms with van der Waals surface area (Å²) in [5.41, 5.74) is 1.33. The molecule has 1 aromatic rings. The van der Waals surface area contributed by atoms with Crippen LogP contribution in [0.3, 0.4) is 0 Å². The van der Waals surface area contributed by atoms with Gasteiger partial charge in [0.1, 0.15) is 5.15 Å². The third kappa shape index (κ3) is 1.91. The van der Waals surface area contributed by atoms with Crippen LogP contribution in [0.2, 0.25) is 5.15 Å². The minimum Gasteiger partial charge on any atom is -0.298 e. The molecular formula is C9H13ClN2O. The lowest BCUT2D eigenvalue weighted by Gasteiger charge is -1.97. The maximum atomic E-state index is 10.7. The predicted molar refractivity (Wildman–Crippen MR) is 52.3 cm³/mol. The van der Waals surface area contributed by atoms with Crippen molar-refractivity contribution in [3.05, 3.63) is 16.4 Å². The zero-order valence-corrected chi connectivity index (χ0v) is 8.64. The van der Waals surface area contributed by atoms with Gasteiger partial charge in [-0.05, 0) is 12.8 Å². The molecule has 0 aliphatic rings. The van der Waals surface area contributed by atoms with Gasteiger partial charge in [0.05, 0.1) is 11.3 Å². The van der Waals surface area contributed by atoms with Crippen LogP contribution < -0.4 is 0 Å². The number of rotatable bonds is 4. The Hall–Kier alpha value is -0.830. The first-order valence-corrected chi connectivity index (χ1v) is 4.82. The summed E-state index contributed by atoms with van der Waals surface area (Å²) in [5, 5.41) is 4.71. The van der Waals surface area contributed by atoms with Gasteiger partial charge < -0.3 is 0 Å². The molecule has 3 nitrogen and oxygen atoms in total. The molecule has 0 radical (unpaired) electrons. The van der Waals surface area contributed by atoms with Crippen molar-refractivity contribution in [2.45, 2.75) is 33.2 Å². The summed E-state index contributed by atoms with van der Waals surface area (Å²) in [6.07, 6.45) is 2.48. The van der Waals surface area contributed by atoms with Gasteiger partial charge in [0.25, 0.3) is 0 Å². The molecule has 0 spiro atoms. The van der Waals surface area contributed by atoms with E-state index >= 15 is 0 Å². The molecular weight excluding hydrogens is 188 g/mol. The highest BCUT2D eigenvalue weighted by Crippen LogP contribution is 2.18. The Labute approximate surface area is 82.7 Å². The zero-order chi connectivity index (χ0) is 9.84. The van der Waals surface area contributed by atoms with E-state index in [0.29, 0.717) is 10.7 Å². The van der Waals surface area contributed by atoms with Gasteiger partial charge in [0.2, 0.25) is 0 Å². The molecule has 13 heavy (non-hydrogen) atoms. The van der Waals surface area contributed by atoms with E-state index in [9.17, 15) is 4.79 Å². The first-order valence-electron chi connectivity index (χ1n) is 4.44. The number of aryl methyl sites for hydroxylation is 2. The lowest BCUT2D eigenvalue weighted by Crippen LogP contribution is -1.99. The number of aldehydes is 1. The van der Waals surface area contributed by atoms with Crippen molar-refractivity contribution in [3.63, 3.8) is 0 Å². The Kier molecular flexibility index (Phi) is 3.48. The highest BCUT2D eigenvalue weighted by Gasteiger charge is 2.13. The minimum atomic E-state index is 0.466. The van der Waals surface area contributed by atoms with Gasteiger partial charge >= 0.3 is 0 Å². The molecule has 0 bridgehead atoms. The van der Waals surface area contributed by atoms with E-state index in [1.54, 1.807) is 4.68 Å². The van der Waals surface area contributed by atoms with Gasteiger partial charge in [-0.2, -0.15) is 5.10 Å².